The lowest BCUT2D eigenvalue weighted by molar-refractivity contribution is -0.474. The largest absolute Gasteiger partial charge is 0.460 e. The van der Waals surface area contributed by atoms with Gasteiger partial charge in [-0.2, -0.15) is 92.2 Å². The van der Waals surface area contributed by atoms with Crippen molar-refractivity contribution in [1.29, 1.82) is 0 Å². The van der Waals surface area contributed by atoms with Crippen molar-refractivity contribution in [2.24, 2.45) is 0 Å². The fourth-order valence-corrected chi connectivity index (χ4v) is 2.96. The lowest BCUT2D eigenvalue weighted by Crippen LogP contribution is -2.76. The molecule has 234 valence electrons. The molecule has 0 fully saturated rings. The summed E-state index contributed by atoms with van der Waals surface area (Å²) in [6.07, 6.45) is -12.1. The first-order chi connectivity index (χ1) is 17.2. The van der Waals surface area contributed by atoms with Crippen LogP contribution in [-0.2, 0) is 6.42 Å². The molecule has 0 radical (unpaired) electrons. The lowest BCUT2D eigenvalue weighted by atomic mass is 9.85. The van der Waals surface area contributed by atoms with E-state index in [4.69, 9.17) is 0 Å². The van der Waals surface area contributed by atoms with Crippen LogP contribution in [0.2, 0.25) is 0 Å². The standard InChI is InChI=1S/C18H8BrF21/c19-8-3-1-7(2-4-8)5-6-9(20,21)10(22,23)11(24,25)12(26,27)13(28,29)14(30,31)15(32,33)16(34,35)17(36,37)18(38,39)40/h1-4H,5-6H2. The summed E-state index contributed by atoms with van der Waals surface area (Å²) in [5.41, 5.74) is -0.432. The van der Waals surface area contributed by atoms with Crippen LogP contribution < -0.4 is 0 Å². The third-order valence-electron chi connectivity index (χ3n) is 5.22. The van der Waals surface area contributed by atoms with E-state index in [0.717, 1.165) is 24.3 Å². The van der Waals surface area contributed by atoms with Gasteiger partial charge in [-0.1, -0.05) is 28.1 Å². The van der Waals surface area contributed by atoms with Crippen LogP contribution in [0.25, 0.3) is 0 Å². The van der Waals surface area contributed by atoms with E-state index in [9.17, 15) is 92.2 Å². The number of benzene rings is 1. The molecule has 0 amide bonds. The van der Waals surface area contributed by atoms with E-state index in [1.807, 2.05) is 0 Å². The molecular weight excluding hydrogens is 695 g/mol. The van der Waals surface area contributed by atoms with Gasteiger partial charge in [0.2, 0.25) is 0 Å². The van der Waals surface area contributed by atoms with Crippen molar-refractivity contribution < 1.29 is 92.2 Å². The molecule has 0 bridgehead atoms. The highest BCUT2D eigenvalue weighted by Gasteiger charge is 2.97. The fraction of sp³-hybridized carbons (Fsp3) is 0.667. The Morgan fingerprint density at radius 1 is 0.400 bits per heavy atom. The average molecular weight is 703 g/mol. The minimum atomic E-state index is -9.16. The zero-order valence-corrected chi connectivity index (χ0v) is 19.6. The summed E-state index contributed by atoms with van der Waals surface area (Å²) in [6.45, 7) is 0. The Bertz CT molecular complexity index is 1040. The van der Waals surface area contributed by atoms with Crippen molar-refractivity contribution in [3.63, 3.8) is 0 Å². The maximum absolute atomic E-state index is 13.9. The molecule has 0 unspecified atom stereocenters. The molecule has 0 aliphatic heterocycles. The maximum atomic E-state index is 13.9. The van der Waals surface area contributed by atoms with Gasteiger partial charge >= 0.3 is 59.5 Å². The number of aryl methyl sites for hydroxylation is 1. The molecule has 0 aromatic heterocycles. The fourth-order valence-electron chi connectivity index (χ4n) is 2.70. The van der Waals surface area contributed by atoms with E-state index in [1.165, 1.54) is 0 Å². The lowest BCUT2D eigenvalue weighted by Gasteiger charge is -2.44. The maximum Gasteiger partial charge on any atom is 0.460 e. The molecule has 0 aliphatic rings. The van der Waals surface area contributed by atoms with Crippen molar-refractivity contribution in [3.8, 4) is 0 Å². The van der Waals surface area contributed by atoms with Gasteiger partial charge in [-0.25, -0.2) is 0 Å². The number of rotatable bonds is 11. The highest BCUT2D eigenvalue weighted by molar-refractivity contribution is 9.10. The Labute approximate surface area is 215 Å². The van der Waals surface area contributed by atoms with Gasteiger partial charge in [-0.05, 0) is 24.1 Å². The summed E-state index contributed by atoms with van der Waals surface area (Å²) in [7, 11) is 0. The van der Waals surface area contributed by atoms with Gasteiger partial charge < -0.3 is 0 Å². The van der Waals surface area contributed by atoms with E-state index >= 15 is 0 Å². The van der Waals surface area contributed by atoms with Crippen LogP contribution in [0.5, 0.6) is 0 Å². The molecule has 1 rings (SSSR count). The molecule has 1 aromatic carbocycles. The average Bonchev–Trinajstić information content (AvgIpc) is 2.76. The van der Waals surface area contributed by atoms with Crippen LogP contribution in [0, 0.1) is 0 Å². The number of alkyl halides is 21. The highest BCUT2D eigenvalue weighted by Crippen LogP contribution is 2.66. The quantitative estimate of drug-likeness (QED) is 0.202. The molecule has 0 nitrogen and oxygen atoms in total. The molecule has 1 aromatic rings. The third kappa shape index (κ3) is 4.96. The summed E-state index contributed by atoms with van der Waals surface area (Å²) in [6, 6.07) is 3.77. The number of hydrogen-bond acceptors (Lipinski definition) is 0. The topological polar surface area (TPSA) is 0 Å². The predicted octanol–water partition coefficient (Wildman–Crippen LogP) is 9.66. The van der Waals surface area contributed by atoms with Crippen LogP contribution >= 0.6 is 15.9 Å². The SMILES string of the molecule is FC(F)(F)C(F)(F)C(F)(F)C(F)(F)C(F)(F)C(F)(F)C(F)(F)C(F)(F)C(F)(F)C(F)(F)CCc1ccc(Br)cc1. The van der Waals surface area contributed by atoms with Gasteiger partial charge in [0, 0.05) is 10.9 Å². The zero-order chi connectivity index (χ0) is 32.4. The Hall–Kier alpha value is -1.77. The summed E-state index contributed by atoms with van der Waals surface area (Å²) in [5, 5.41) is 0. The van der Waals surface area contributed by atoms with E-state index in [-0.39, 0.29) is 4.47 Å². The van der Waals surface area contributed by atoms with E-state index < -0.39 is 77.9 Å². The Kier molecular flexibility index (Phi) is 8.98. The Morgan fingerprint density at radius 3 is 0.975 bits per heavy atom. The van der Waals surface area contributed by atoms with Crippen molar-refractivity contribution >= 4 is 15.9 Å². The van der Waals surface area contributed by atoms with E-state index in [2.05, 4.69) is 15.9 Å². The second kappa shape index (κ2) is 9.91. The molecule has 0 N–H and O–H groups in total. The minimum absolute atomic E-state index is 0.220. The van der Waals surface area contributed by atoms with Gasteiger partial charge in [0.25, 0.3) is 0 Å². The zero-order valence-electron chi connectivity index (χ0n) is 18.0. The van der Waals surface area contributed by atoms with Crippen molar-refractivity contribution in [2.75, 3.05) is 0 Å². The number of hydrogen-bond donors (Lipinski definition) is 0. The summed E-state index contributed by atoms with van der Waals surface area (Å²) in [4.78, 5) is 0. The molecule has 0 heterocycles. The summed E-state index contributed by atoms with van der Waals surface area (Å²) in [5.74, 6) is -76.6. The summed E-state index contributed by atoms with van der Waals surface area (Å²) >= 11 is 2.82. The van der Waals surface area contributed by atoms with Gasteiger partial charge in [0.15, 0.2) is 0 Å². The Balaban J connectivity index is 3.62. The third-order valence-corrected chi connectivity index (χ3v) is 5.75. The molecule has 0 atom stereocenters. The second-order valence-corrected chi connectivity index (χ2v) is 8.84. The molecule has 0 spiro atoms. The van der Waals surface area contributed by atoms with Crippen molar-refractivity contribution in [3.05, 3.63) is 34.3 Å². The van der Waals surface area contributed by atoms with Crippen LogP contribution in [0.3, 0.4) is 0 Å². The van der Waals surface area contributed by atoms with Crippen LogP contribution in [0.1, 0.15) is 12.0 Å². The number of halogens is 22. The predicted molar refractivity (Wildman–Crippen MR) is 93.0 cm³/mol. The molecule has 40 heavy (non-hydrogen) atoms. The highest BCUT2D eigenvalue weighted by atomic mass is 79.9. The van der Waals surface area contributed by atoms with Crippen LogP contribution in [-0.4, -0.2) is 59.5 Å². The first kappa shape index (κ1) is 36.3. The first-order valence-electron chi connectivity index (χ1n) is 9.44. The van der Waals surface area contributed by atoms with Crippen molar-refractivity contribution in [1.82, 2.24) is 0 Å². The monoisotopic (exact) mass is 702 g/mol. The molecule has 22 heteroatoms. The normalized spacial score (nSPS) is 15.9. The molecular formula is C18H8BrF21. The smallest absolute Gasteiger partial charge is 0.200 e. The van der Waals surface area contributed by atoms with Gasteiger partial charge in [-0.15, -0.1) is 0 Å². The molecule has 0 saturated heterocycles. The van der Waals surface area contributed by atoms with E-state index in [0.29, 0.717) is 0 Å². The Morgan fingerprint density at radius 2 is 0.675 bits per heavy atom. The van der Waals surface area contributed by atoms with Crippen LogP contribution in [0.4, 0.5) is 92.2 Å². The van der Waals surface area contributed by atoms with Gasteiger partial charge in [0.05, 0.1) is 0 Å². The van der Waals surface area contributed by atoms with Crippen LogP contribution in [0.15, 0.2) is 28.7 Å². The van der Waals surface area contributed by atoms with E-state index in [1.54, 1.807) is 0 Å². The second-order valence-electron chi connectivity index (χ2n) is 7.92. The van der Waals surface area contributed by atoms with Gasteiger partial charge in [0.1, 0.15) is 0 Å². The minimum Gasteiger partial charge on any atom is -0.200 e. The summed E-state index contributed by atoms with van der Waals surface area (Å²) < 4.78 is 280. The van der Waals surface area contributed by atoms with Gasteiger partial charge in [-0.3, -0.25) is 0 Å². The molecule has 0 saturated carbocycles. The van der Waals surface area contributed by atoms with Crippen molar-refractivity contribution in [2.45, 2.75) is 72.3 Å². The molecule has 0 aliphatic carbocycles. The first-order valence-corrected chi connectivity index (χ1v) is 10.2.